The summed E-state index contributed by atoms with van der Waals surface area (Å²) in [4.78, 5) is 11.6. The Morgan fingerprint density at radius 1 is 1.69 bits per heavy atom. The third kappa shape index (κ3) is 0.779. The van der Waals surface area contributed by atoms with Crippen LogP contribution >= 0.6 is 0 Å². The van der Waals surface area contributed by atoms with Crippen LogP contribution in [-0.2, 0) is 4.79 Å². The average molecular weight is 183 g/mol. The lowest BCUT2D eigenvalue weighted by Gasteiger charge is -2.26. The lowest BCUT2D eigenvalue weighted by atomic mass is 10.3. The zero-order chi connectivity index (χ0) is 9.64. The summed E-state index contributed by atoms with van der Waals surface area (Å²) in [6, 6.07) is 0. The Kier molecular flexibility index (Phi) is 1.44. The van der Waals surface area contributed by atoms with Crippen LogP contribution in [-0.4, -0.2) is 52.4 Å². The summed E-state index contributed by atoms with van der Waals surface area (Å²) >= 11 is 0. The monoisotopic (exact) mass is 183 g/mol. The number of rotatable bonds is 0. The van der Waals surface area contributed by atoms with Gasteiger partial charge in [0.25, 0.3) is 5.71 Å². The summed E-state index contributed by atoms with van der Waals surface area (Å²) in [7, 11) is 1.74. The zero-order valence-electron chi connectivity index (χ0n) is 7.32. The van der Waals surface area contributed by atoms with Gasteiger partial charge in [0.1, 0.15) is 6.54 Å². The molecule has 1 amide bonds. The van der Waals surface area contributed by atoms with Gasteiger partial charge in [-0.15, -0.1) is 0 Å². The predicted molar refractivity (Wildman–Crippen MR) is 44.3 cm³/mol. The number of amidine groups is 1. The maximum Gasteiger partial charge on any atom is 0.396 e. The molecule has 0 aromatic heterocycles. The van der Waals surface area contributed by atoms with E-state index in [0.29, 0.717) is 13.1 Å². The molecule has 0 saturated carbocycles. The van der Waals surface area contributed by atoms with Gasteiger partial charge in [-0.2, -0.15) is 9.60 Å². The predicted octanol–water partition coefficient (Wildman–Crippen LogP) is -0.599. The third-order valence-electron chi connectivity index (χ3n) is 2.72. The lowest BCUT2D eigenvalue weighted by molar-refractivity contribution is -0.914. The van der Waals surface area contributed by atoms with Gasteiger partial charge in [0.2, 0.25) is 5.84 Å². The highest BCUT2D eigenvalue weighted by Gasteiger charge is 2.56. The molecule has 2 saturated heterocycles. The highest BCUT2D eigenvalue weighted by molar-refractivity contribution is 6.66. The average Bonchev–Trinajstić information content (AvgIpc) is 2.55. The number of hydrogen-bond acceptors (Lipinski definition) is 4. The first-order valence-corrected chi connectivity index (χ1v) is 4.10. The second kappa shape index (κ2) is 2.29. The van der Waals surface area contributed by atoms with Gasteiger partial charge in [0.05, 0.1) is 13.6 Å². The molecule has 6 nitrogen and oxygen atoms in total. The van der Waals surface area contributed by atoms with E-state index in [4.69, 9.17) is 10.6 Å². The van der Waals surface area contributed by atoms with Crippen molar-refractivity contribution in [3.8, 4) is 0 Å². The third-order valence-corrected chi connectivity index (χ3v) is 2.72. The van der Waals surface area contributed by atoms with Crippen LogP contribution in [0.5, 0.6) is 0 Å². The smallest absolute Gasteiger partial charge is 0.396 e. The van der Waals surface area contributed by atoms with Crippen molar-refractivity contribution in [2.75, 3.05) is 20.1 Å². The number of fused-ring (bicyclic) bond motifs is 1. The van der Waals surface area contributed by atoms with E-state index in [1.807, 2.05) is 0 Å². The Morgan fingerprint density at radius 3 is 2.92 bits per heavy atom. The number of carbonyl (C=O) groups excluding carboxylic acids is 1. The molecule has 0 spiro atoms. The van der Waals surface area contributed by atoms with Crippen molar-refractivity contribution in [2.45, 2.75) is 6.42 Å². The van der Waals surface area contributed by atoms with E-state index >= 15 is 0 Å². The van der Waals surface area contributed by atoms with E-state index < -0.39 is 0 Å². The van der Waals surface area contributed by atoms with Gasteiger partial charge < -0.3 is 5.21 Å². The number of oxime groups is 1. The maximum atomic E-state index is 11.6. The van der Waals surface area contributed by atoms with Crippen LogP contribution in [0.2, 0.25) is 0 Å². The molecule has 2 N–H and O–H groups in total. The van der Waals surface area contributed by atoms with Crippen LogP contribution in [0.25, 0.3) is 0 Å². The normalized spacial score (nSPS) is 36.1. The summed E-state index contributed by atoms with van der Waals surface area (Å²) in [5, 5.41) is 20.7. The van der Waals surface area contributed by atoms with Crippen molar-refractivity contribution >= 4 is 17.5 Å². The van der Waals surface area contributed by atoms with E-state index in [1.165, 1.54) is 0 Å². The molecule has 2 heterocycles. The molecule has 0 radical (unpaired) electrons. The largest absolute Gasteiger partial charge is 0.410 e. The van der Waals surface area contributed by atoms with Crippen LogP contribution in [0.1, 0.15) is 6.42 Å². The quantitative estimate of drug-likeness (QED) is 0.299. The van der Waals surface area contributed by atoms with Crippen LogP contribution in [0, 0.1) is 5.41 Å². The molecule has 0 bridgehead atoms. The number of hydrogen-bond donors (Lipinski definition) is 2. The number of amides is 1. The summed E-state index contributed by atoms with van der Waals surface area (Å²) in [5.41, 5.74) is -0.123. The van der Waals surface area contributed by atoms with Gasteiger partial charge in [-0.1, -0.05) is 5.16 Å². The molecule has 6 heteroatoms. The molecular weight excluding hydrogens is 172 g/mol. The van der Waals surface area contributed by atoms with Gasteiger partial charge in [-0.25, -0.2) is 4.79 Å². The fourth-order valence-electron chi connectivity index (χ4n) is 1.96. The Labute approximate surface area is 75.1 Å². The summed E-state index contributed by atoms with van der Waals surface area (Å²) in [6.07, 6.45) is 0.892. The molecule has 0 aliphatic carbocycles. The molecule has 0 aromatic rings. The Morgan fingerprint density at radius 2 is 2.38 bits per heavy atom. The molecule has 1 atom stereocenters. The van der Waals surface area contributed by atoms with Crippen molar-refractivity contribution in [3.63, 3.8) is 0 Å². The highest BCUT2D eigenvalue weighted by Crippen LogP contribution is 2.26. The number of nitrogens with zero attached hydrogens (tertiary/aromatic N) is 3. The zero-order valence-corrected chi connectivity index (χ0v) is 7.32. The lowest BCUT2D eigenvalue weighted by Crippen LogP contribution is -2.51. The first-order valence-electron chi connectivity index (χ1n) is 4.10. The molecule has 70 valence electrons. The second-order valence-electron chi connectivity index (χ2n) is 3.44. The molecule has 2 fully saturated rings. The van der Waals surface area contributed by atoms with Crippen molar-refractivity contribution < 1.29 is 14.6 Å². The molecule has 0 aromatic carbocycles. The second-order valence-corrected chi connectivity index (χ2v) is 3.44. The summed E-state index contributed by atoms with van der Waals surface area (Å²) in [5.74, 6) is -0.252. The van der Waals surface area contributed by atoms with Crippen molar-refractivity contribution in [2.24, 2.45) is 5.16 Å². The van der Waals surface area contributed by atoms with Crippen molar-refractivity contribution in [1.82, 2.24) is 5.01 Å². The molecule has 1 unspecified atom stereocenters. The van der Waals surface area contributed by atoms with E-state index in [0.717, 1.165) is 6.42 Å². The Bertz CT molecular complexity index is 324. The highest BCUT2D eigenvalue weighted by atomic mass is 16.4. The fraction of sp³-hybridized carbons (Fsp3) is 0.571. The topological polar surface area (TPSA) is 76.8 Å². The van der Waals surface area contributed by atoms with Crippen LogP contribution in [0.15, 0.2) is 5.16 Å². The number of carbonyl (C=O) groups is 1. The van der Waals surface area contributed by atoms with E-state index in [-0.39, 0.29) is 22.0 Å². The minimum absolute atomic E-state index is 0.0347. The van der Waals surface area contributed by atoms with Crippen LogP contribution in [0.4, 0.5) is 0 Å². The molecule has 13 heavy (non-hydrogen) atoms. The van der Waals surface area contributed by atoms with Gasteiger partial charge >= 0.3 is 5.91 Å². The summed E-state index contributed by atoms with van der Waals surface area (Å²) in [6.45, 7) is 1.36. The maximum absolute atomic E-state index is 11.6. The van der Waals surface area contributed by atoms with E-state index in [9.17, 15) is 4.79 Å². The molecule has 2 rings (SSSR count). The van der Waals surface area contributed by atoms with E-state index in [1.54, 1.807) is 12.1 Å². The fourth-order valence-corrected chi connectivity index (χ4v) is 1.96. The van der Waals surface area contributed by atoms with Crippen LogP contribution in [0.3, 0.4) is 0 Å². The molecule has 2 aliphatic heterocycles. The van der Waals surface area contributed by atoms with Gasteiger partial charge in [-0.05, 0) is 0 Å². The minimum atomic E-state index is -0.287. The SMILES string of the molecule is C[N+]12CCCN1C(=N)C(=NO)C2=O. The number of quaternary nitrogens is 1. The molecular formula is C7H11N4O2+. The summed E-state index contributed by atoms with van der Waals surface area (Å²) < 4.78 is 0.0677. The van der Waals surface area contributed by atoms with Crippen molar-refractivity contribution in [3.05, 3.63) is 0 Å². The standard InChI is InChI=1S/C7H10N4O2/c1-11-4-2-3-10(11)6(8)5(9-13)7(11)12/h2-4H2,1H3,(H-,8,12,13)/p+1. The first-order chi connectivity index (χ1) is 6.11. The minimum Gasteiger partial charge on any atom is -0.410 e. The Hall–Kier alpha value is -1.43. The van der Waals surface area contributed by atoms with Gasteiger partial charge in [0.15, 0.2) is 0 Å². The number of nitrogens with one attached hydrogen (secondary N) is 1. The van der Waals surface area contributed by atoms with E-state index in [2.05, 4.69) is 5.16 Å². The van der Waals surface area contributed by atoms with Crippen LogP contribution < -0.4 is 0 Å². The van der Waals surface area contributed by atoms with Gasteiger partial charge in [-0.3, -0.25) is 5.41 Å². The first kappa shape index (κ1) is 8.18. The van der Waals surface area contributed by atoms with Gasteiger partial charge in [0, 0.05) is 6.42 Å². The Balaban J connectivity index is 2.49. The molecule has 2 aliphatic rings. The van der Waals surface area contributed by atoms with Crippen molar-refractivity contribution in [1.29, 1.82) is 5.41 Å².